The highest BCUT2D eigenvalue weighted by Crippen LogP contribution is 2.19. The Labute approximate surface area is 102 Å². The number of nitrogens with two attached hydrogens (primary N) is 1. The summed E-state index contributed by atoms with van der Waals surface area (Å²) in [6.07, 6.45) is 6.52. The van der Waals surface area contributed by atoms with Gasteiger partial charge >= 0.3 is 0 Å². The third kappa shape index (κ3) is 2.75. The molecular formula is C13H19N3O. The Bertz CT molecular complexity index is 405. The van der Waals surface area contributed by atoms with Gasteiger partial charge in [0.05, 0.1) is 5.56 Å². The molecule has 1 fully saturated rings. The van der Waals surface area contributed by atoms with Crippen LogP contribution in [0.2, 0.25) is 0 Å². The van der Waals surface area contributed by atoms with Crippen molar-refractivity contribution in [2.24, 2.45) is 5.92 Å². The summed E-state index contributed by atoms with van der Waals surface area (Å²) in [6.45, 7) is 3.90. The fraction of sp³-hybridized carbons (Fsp3) is 0.538. The van der Waals surface area contributed by atoms with Gasteiger partial charge in [0, 0.05) is 31.2 Å². The predicted octanol–water partition coefficient (Wildman–Crippen LogP) is 1.93. The number of carbonyl (C=O) groups excluding carboxylic acids is 1. The van der Waals surface area contributed by atoms with E-state index in [1.54, 1.807) is 18.5 Å². The average molecular weight is 233 g/mol. The maximum atomic E-state index is 12.3. The number of nitrogens with zero attached hydrogens (tertiary/aromatic N) is 2. The lowest BCUT2D eigenvalue weighted by molar-refractivity contribution is 0.0761. The van der Waals surface area contributed by atoms with Crippen LogP contribution in [0.25, 0.3) is 0 Å². The molecule has 0 radical (unpaired) electrons. The largest absolute Gasteiger partial charge is 0.398 e. The fourth-order valence-corrected chi connectivity index (χ4v) is 2.22. The smallest absolute Gasteiger partial charge is 0.257 e. The first-order valence-electron chi connectivity index (χ1n) is 6.17. The third-order valence-corrected chi connectivity index (χ3v) is 3.39. The molecule has 4 nitrogen and oxygen atoms in total. The predicted molar refractivity (Wildman–Crippen MR) is 67.6 cm³/mol. The number of carbonyl (C=O) groups is 1. The third-order valence-electron chi connectivity index (χ3n) is 3.39. The minimum atomic E-state index is 0.0182. The molecule has 0 bridgehead atoms. The van der Waals surface area contributed by atoms with Crippen LogP contribution in [0.1, 0.15) is 36.5 Å². The van der Waals surface area contributed by atoms with E-state index in [2.05, 4.69) is 11.9 Å². The van der Waals surface area contributed by atoms with Gasteiger partial charge in [0.1, 0.15) is 0 Å². The van der Waals surface area contributed by atoms with Crippen molar-refractivity contribution in [3.63, 3.8) is 0 Å². The molecule has 2 rings (SSSR count). The Morgan fingerprint density at radius 2 is 2.29 bits per heavy atom. The highest BCUT2D eigenvalue weighted by Gasteiger charge is 2.21. The molecule has 17 heavy (non-hydrogen) atoms. The molecule has 0 spiro atoms. The number of rotatable bonds is 1. The second kappa shape index (κ2) is 5.17. The van der Waals surface area contributed by atoms with Gasteiger partial charge in [0.15, 0.2) is 0 Å². The molecule has 1 aromatic heterocycles. The number of nitrogen functional groups attached to an aromatic ring is 1. The molecular weight excluding hydrogens is 214 g/mol. The monoisotopic (exact) mass is 233 g/mol. The first-order valence-corrected chi connectivity index (χ1v) is 6.17. The number of hydrogen-bond donors (Lipinski definition) is 1. The minimum absolute atomic E-state index is 0.0182. The summed E-state index contributed by atoms with van der Waals surface area (Å²) in [4.78, 5) is 18.2. The normalized spacial score (nSPS) is 21.0. The molecule has 2 N–H and O–H groups in total. The number of amides is 1. The zero-order chi connectivity index (χ0) is 12.3. The maximum absolute atomic E-state index is 12.3. The van der Waals surface area contributed by atoms with Gasteiger partial charge in [0.2, 0.25) is 0 Å². The molecule has 0 saturated carbocycles. The van der Waals surface area contributed by atoms with Crippen molar-refractivity contribution in [2.45, 2.75) is 26.2 Å². The van der Waals surface area contributed by atoms with Gasteiger partial charge < -0.3 is 10.6 Å². The minimum Gasteiger partial charge on any atom is -0.398 e. The summed E-state index contributed by atoms with van der Waals surface area (Å²) in [5.41, 5.74) is 6.85. The molecule has 1 aliphatic rings. The van der Waals surface area contributed by atoms with Crippen LogP contribution in [0.3, 0.4) is 0 Å². The van der Waals surface area contributed by atoms with Crippen LogP contribution in [0.4, 0.5) is 5.69 Å². The Morgan fingerprint density at radius 1 is 1.47 bits per heavy atom. The van der Waals surface area contributed by atoms with E-state index in [-0.39, 0.29) is 5.91 Å². The highest BCUT2D eigenvalue weighted by atomic mass is 16.2. The highest BCUT2D eigenvalue weighted by molar-refractivity contribution is 5.98. The SMILES string of the molecule is CC1CCCN(C(=O)c2cnccc2N)CC1. The van der Waals surface area contributed by atoms with E-state index < -0.39 is 0 Å². The molecule has 2 heterocycles. The lowest BCUT2D eigenvalue weighted by atomic mass is 10.0. The van der Waals surface area contributed by atoms with Crippen LogP contribution in [0.15, 0.2) is 18.5 Å². The van der Waals surface area contributed by atoms with Crippen molar-refractivity contribution in [3.05, 3.63) is 24.0 Å². The molecule has 0 aliphatic carbocycles. The van der Waals surface area contributed by atoms with Crippen LogP contribution in [-0.4, -0.2) is 28.9 Å². The molecule has 92 valence electrons. The van der Waals surface area contributed by atoms with E-state index in [1.165, 1.54) is 6.42 Å². The number of aromatic nitrogens is 1. The van der Waals surface area contributed by atoms with Crippen molar-refractivity contribution in [3.8, 4) is 0 Å². The summed E-state index contributed by atoms with van der Waals surface area (Å²) in [6, 6.07) is 1.67. The van der Waals surface area contributed by atoms with E-state index >= 15 is 0 Å². The average Bonchev–Trinajstić information content (AvgIpc) is 2.54. The van der Waals surface area contributed by atoms with E-state index in [4.69, 9.17) is 5.73 Å². The molecule has 1 amide bonds. The van der Waals surface area contributed by atoms with Gasteiger partial charge in [-0.05, 0) is 31.2 Å². The molecule has 4 heteroatoms. The number of hydrogen-bond acceptors (Lipinski definition) is 3. The lowest BCUT2D eigenvalue weighted by Crippen LogP contribution is -2.32. The Kier molecular flexibility index (Phi) is 3.61. The first kappa shape index (κ1) is 11.9. The van der Waals surface area contributed by atoms with Gasteiger partial charge in [-0.25, -0.2) is 0 Å². The quantitative estimate of drug-likeness (QED) is 0.806. The van der Waals surface area contributed by atoms with E-state index in [0.717, 1.165) is 25.9 Å². The number of likely N-dealkylation sites (tertiary alicyclic amines) is 1. The maximum Gasteiger partial charge on any atom is 0.257 e. The Balaban J connectivity index is 2.12. The van der Waals surface area contributed by atoms with E-state index in [0.29, 0.717) is 17.2 Å². The van der Waals surface area contributed by atoms with Crippen LogP contribution in [0.5, 0.6) is 0 Å². The van der Waals surface area contributed by atoms with Gasteiger partial charge in [0.25, 0.3) is 5.91 Å². The summed E-state index contributed by atoms with van der Waals surface area (Å²) in [7, 11) is 0. The van der Waals surface area contributed by atoms with Crippen LogP contribution >= 0.6 is 0 Å². The summed E-state index contributed by atoms with van der Waals surface area (Å²) in [5.74, 6) is 0.726. The van der Waals surface area contributed by atoms with Crippen LogP contribution in [0, 0.1) is 5.92 Å². The molecule has 1 atom stereocenters. The van der Waals surface area contributed by atoms with Gasteiger partial charge in [-0.15, -0.1) is 0 Å². The van der Waals surface area contributed by atoms with Crippen LogP contribution < -0.4 is 5.73 Å². The summed E-state index contributed by atoms with van der Waals surface area (Å²) >= 11 is 0. The zero-order valence-electron chi connectivity index (χ0n) is 10.2. The van der Waals surface area contributed by atoms with Gasteiger partial charge in [-0.1, -0.05) is 6.92 Å². The summed E-state index contributed by atoms with van der Waals surface area (Å²) in [5, 5.41) is 0. The molecule has 1 unspecified atom stereocenters. The standard InChI is InChI=1S/C13H19N3O/c1-10-3-2-7-16(8-5-10)13(17)11-9-15-6-4-12(11)14/h4,6,9-10H,2-3,5,7-8H2,1H3,(H2,14,15). The Hall–Kier alpha value is -1.58. The fourth-order valence-electron chi connectivity index (χ4n) is 2.22. The lowest BCUT2D eigenvalue weighted by Gasteiger charge is -2.20. The van der Waals surface area contributed by atoms with Crippen LogP contribution in [-0.2, 0) is 0 Å². The zero-order valence-corrected chi connectivity index (χ0v) is 10.2. The number of pyridine rings is 1. The Morgan fingerprint density at radius 3 is 3.06 bits per heavy atom. The van der Waals surface area contributed by atoms with Crippen molar-refractivity contribution in [2.75, 3.05) is 18.8 Å². The molecule has 1 aromatic rings. The first-order chi connectivity index (χ1) is 8.18. The van der Waals surface area contributed by atoms with Crippen molar-refractivity contribution in [1.29, 1.82) is 0 Å². The van der Waals surface area contributed by atoms with E-state index in [1.807, 2.05) is 4.90 Å². The summed E-state index contributed by atoms with van der Waals surface area (Å²) < 4.78 is 0. The van der Waals surface area contributed by atoms with Crippen molar-refractivity contribution >= 4 is 11.6 Å². The molecule has 1 aliphatic heterocycles. The second-order valence-corrected chi connectivity index (χ2v) is 4.79. The topological polar surface area (TPSA) is 59.2 Å². The van der Waals surface area contributed by atoms with E-state index in [9.17, 15) is 4.79 Å². The number of anilines is 1. The van der Waals surface area contributed by atoms with Crippen molar-refractivity contribution < 1.29 is 4.79 Å². The van der Waals surface area contributed by atoms with Gasteiger partial charge in [-0.2, -0.15) is 0 Å². The van der Waals surface area contributed by atoms with Gasteiger partial charge in [-0.3, -0.25) is 9.78 Å². The second-order valence-electron chi connectivity index (χ2n) is 4.79. The molecule has 1 saturated heterocycles. The van der Waals surface area contributed by atoms with Crippen molar-refractivity contribution in [1.82, 2.24) is 9.88 Å². The molecule has 0 aromatic carbocycles.